The molecule has 2 aliphatic rings. The van der Waals surface area contributed by atoms with E-state index in [1.807, 2.05) is 31.2 Å². The Labute approximate surface area is 148 Å². The lowest BCUT2D eigenvalue weighted by Gasteiger charge is -2.31. The van der Waals surface area contributed by atoms with E-state index in [0.717, 1.165) is 37.9 Å². The molecule has 1 saturated heterocycles. The van der Waals surface area contributed by atoms with Crippen molar-refractivity contribution in [3.05, 3.63) is 29.8 Å². The van der Waals surface area contributed by atoms with E-state index in [4.69, 9.17) is 4.74 Å². The smallest absolute Gasteiger partial charge is 0.258 e. The van der Waals surface area contributed by atoms with Crippen LogP contribution in [0.4, 0.5) is 0 Å². The molecule has 1 atom stereocenters. The van der Waals surface area contributed by atoms with E-state index >= 15 is 0 Å². The first kappa shape index (κ1) is 17.7. The van der Waals surface area contributed by atoms with Crippen LogP contribution >= 0.6 is 0 Å². The summed E-state index contributed by atoms with van der Waals surface area (Å²) in [5, 5.41) is 9.10. The molecule has 0 aromatic heterocycles. The van der Waals surface area contributed by atoms with Gasteiger partial charge in [-0.2, -0.15) is 0 Å². The van der Waals surface area contributed by atoms with Gasteiger partial charge in [-0.25, -0.2) is 0 Å². The normalized spacial score (nSPS) is 18.1. The summed E-state index contributed by atoms with van der Waals surface area (Å²) < 4.78 is 5.48. The molecule has 0 spiro atoms. The minimum Gasteiger partial charge on any atom is -0.484 e. The summed E-state index contributed by atoms with van der Waals surface area (Å²) in [4.78, 5) is 23.6. The van der Waals surface area contributed by atoms with Gasteiger partial charge in [0, 0.05) is 18.5 Å². The molecule has 1 aromatic rings. The standard InChI is InChI=1S/C19H27N3O3/c1-13(15-10-20-11-15)19(24)21-9-8-14-2-6-17(7-3-14)25-12-18(23)22-16-4-5-16/h2-3,6-7,13,15-16,20H,4-5,8-12H2,1H3,(H,21,24)(H,22,23). The fraction of sp³-hybridized carbons (Fsp3) is 0.579. The van der Waals surface area contributed by atoms with Crippen molar-refractivity contribution >= 4 is 11.8 Å². The summed E-state index contributed by atoms with van der Waals surface area (Å²) in [5.41, 5.74) is 1.13. The van der Waals surface area contributed by atoms with Crippen molar-refractivity contribution in [2.75, 3.05) is 26.2 Å². The Kier molecular flexibility index (Phi) is 5.91. The number of ether oxygens (including phenoxy) is 1. The first-order chi connectivity index (χ1) is 12.1. The number of nitrogens with one attached hydrogen (secondary N) is 3. The summed E-state index contributed by atoms with van der Waals surface area (Å²) >= 11 is 0. The zero-order chi connectivity index (χ0) is 17.6. The molecule has 3 N–H and O–H groups in total. The van der Waals surface area contributed by atoms with Crippen molar-refractivity contribution in [1.29, 1.82) is 0 Å². The monoisotopic (exact) mass is 345 g/mol. The molecule has 0 bridgehead atoms. The highest BCUT2D eigenvalue weighted by Gasteiger charge is 2.28. The number of amides is 2. The van der Waals surface area contributed by atoms with Gasteiger partial charge in [0.1, 0.15) is 5.75 Å². The number of carbonyl (C=O) groups is 2. The second-order valence-electron chi connectivity index (χ2n) is 7.02. The molecule has 0 radical (unpaired) electrons. The van der Waals surface area contributed by atoms with E-state index < -0.39 is 0 Å². The van der Waals surface area contributed by atoms with Crippen molar-refractivity contribution in [1.82, 2.24) is 16.0 Å². The van der Waals surface area contributed by atoms with Gasteiger partial charge in [-0.3, -0.25) is 9.59 Å². The minimum absolute atomic E-state index is 0.0554. The van der Waals surface area contributed by atoms with Crippen molar-refractivity contribution in [2.45, 2.75) is 32.2 Å². The third-order valence-electron chi connectivity index (χ3n) is 4.88. The summed E-state index contributed by atoms with van der Waals surface area (Å²) in [6.45, 7) is 4.56. The van der Waals surface area contributed by atoms with Crippen LogP contribution in [0.25, 0.3) is 0 Å². The molecule has 1 aromatic carbocycles. The highest BCUT2D eigenvalue weighted by molar-refractivity contribution is 5.79. The van der Waals surface area contributed by atoms with E-state index in [2.05, 4.69) is 16.0 Å². The van der Waals surface area contributed by atoms with Crippen LogP contribution in [0.3, 0.4) is 0 Å². The van der Waals surface area contributed by atoms with Gasteiger partial charge in [0.05, 0.1) is 0 Å². The quantitative estimate of drug-likeness (QED) is 0.620. The average molecular weight is 345 g/mol. The Morgan fingerprint density at radius 3 is 2.56 bits per heavy atom. The first-order valence-electron chi connectivity index (χ1n) is 9.11. The molecule has 1 heterocycles. The summed E-state index contributed by atoms with van der Waals surface area (Å²) in [7, 11) is 0. The Balaban J connectivity index is 1.34. The molecule has 2 amide bonds. The van der Waals surface area contributed by atoms with Gasteiger partial charge in [-0.15, -0.1) is 0 Å². The maximum absolute atomic E-state index is 12.1. The number of hydrogen-bond donors (Lipinski definition) is 3. The van der Waals surface area contributed by atoms with E-state index in [1.54, 1.807) is 0 Å². The van der Waals surface area contributed by atoms with E-state index in [1.165, 1.54) is 0 Å². The van der Waals surface area contributed by atoms with Gasteiger partial charge >= 0.3 is 0 Å². The third-order valence-corrected chi connectivity index (χ3v) is 4.88. The average Bonchev–Trinajstić information content (AvgIpc) is 3.36. The van der Waals surface area contributed by atoms with Gasteiger partial charge in [0.25, 0.3) is 5.91 Å². The second kappa shape index (κ2) is 8.34. The van der Waals surface area contributed by atoms with E-state index in [-0.39, 0.29) is 24.3 Å². The lowest BCUT2D eigenvalue weighted by Crippen LogP contribution is -2.49. The van der Waals surface area contributed by atoms with Crippen LogP contribution in [0.1, 0.15) is 25.3 Å². The van der Waals surface area contributed by atoms with Crippen LogP contribution < -0.4 is 20.7 Å². The second-order valence-corrected chi connectivity index (χ2v) is 7.02. The molecule has 2 fully saturated rings. The number of rotatable bonds is 9. The zero-order valence-corrected chi connectivity index (χ0v) is 14.7. The van der Waals surface area contributed by atoms with Gasteiger partial charge in [0.15, 0.2) is 6.61 Å². The van der Waals surface area contributed by atoms with Crippen LogP contribution in [0.15, 0.2) is 24.3 Å². The SMILES string of the molecule is CC(C(=O)NCCc1ccc(OCC(=O)NC2CC2)cc1)C1CNC1. The largest absolute Gasteiger partial charge is 0.484 e. The highest BCUT2D eigenvalue weighted by Crippen LogP contribution is 2.18. The molecular weight excluding hydrogens is 318 g/mol. The Morgan fingerprint density at radius 1 is 1.24 bits per heavy atom. The van der Waals surface area contributed by atoms with Crippen LogP contribution in [-0.4, -0.2) is 44.1 Å². The number of carbonyl (C=O) groups excluding carboxylic acids is 2. The molecule has 1 aliphatic heterocycles. The van der Waals surface area contributed by atoms with Crippen molar-refractivity contribution in [3.63, 3.8) is 0 Å². The van der Waals surface area contributed by atoms with Crippen molar-refractivity contribution in [2.24, 2.45) is 11.8 Å². The van der Waals surface area contributed by atoms with Gasteiger partial charge in [-0.1, -0.05) is 19.1 Å². The van der Waals surface area contributed by atoms with E-state index in [0.29, 0.717) is 24.3 Å². The molecular formula is C19H27N3O3. The minimum atomic E-state index is -0.0647. The molecule has 6 nitrogen and oxygen atoms in total. The Morgan fingerprint density at radius 2 is 1.96 bits per heavy atom. The summed E-state index contributed by atoms with van der Waals surface area (Å²) in [6, 6.07) is 8.03. The molecule has 1 unspecified atom stereocenters. The topological polar surface area (TPSA) is 79.5 Å². The first-order valence-corrected chi connectivity index (χ1v) is 9.11. The van der Waals surface area contributed by atoms with E-state index in [9.17, 15) is 9.59 Å². The van der Waals surface area contributed by atoms with Gasteiger partial charge in [-0.05, 0) is 56.0 Å². The third kappa shape index (κ3) is 5.46. The van der Waals surface area contributed by atoms with Crippen LogP contribution in [-0.2, 0) is 16.0 Å². The fourth-order valence-electron chi connectivity index (χ4n) is 2.77. The molecule has 136 valence electrons. The van der Waals surface area contributed by atoms with Crippen LogP contribution in [0.5, 0.6) is 5.75 Å². The predicted octanol–water partition coefficient (Wildman–Crippen LogP) is 0.858. The lowest BCUT2D eigenvalue weighted by atomic mass is 9.88. The molecule has 6 heteroatoms. The molecule has 3 rings (SSSR count). The van der Waals surface area contributed by atoms with Crippen LogP contribution in [0.2, 0.25) is 0 Å². The van der Waals surface area contributed by atoms with Gasteiger partial charge < -0.3 is 20.7 Å². The number of hydrogen-bond acceptors (Lipinski definition) is 4. The predicted molar refractivity (Wildman–Crippen MR) is 95.3 cm³/mol. The molecule has 1 saturated carbocycles. The van der Waals surface area contributed by atoms with Crippen LogP contribution in [0, 0.1) is 11.8 Å². The summed E-state index contributed by atoms with van der Waals surface area (Å²) in [5.74, 6) is 1.29. The Hall–Kier alpha value is -2.08. The number of benzene rings is 1. The molecule has 25 heavy (non-hydrogen) atoms. The highest BCUT2D eigenvalue weighted by atomic mass is 16.5. The maximum Gasteiger partial charge on any atom is 0.258 e. The zero-order valence-electron chi connectivity index (χ0n) is 14.7. The lowest BCUT2D eigenvalue weighted by molar-refractivity contribution is -0.126. The fourth-order valence-corrected chi connectivity index (χ4v) is 2.77. The molecule has 1 aliphatic carbocycles. The van der Waals surface area contributed by atoms with Crippen molar-refractivity contribution < 1.29 is 14.3 Å². The van der Waals surface area contributed by atoms with Crippen molar-refractivity contribution in [3.8, 4) is 5.75 Å². The van der Waals surface area contributed by atoms with Gasteiger partial charge in [0.2, 0.25) is 5.91 Å². The Bertz CT molecular complexity index is 594. The maximum atomic E-state index is 12.1. The summed E-state index contributed by atoms with van der Waals surface area (Å²) in [6.07, 6.45) is 2.93.